The van der Waals surface area contributed by atoms with Crippen molar-refractivity contribution in [3.05, 3.63) is 28.3 Å². The zero-order valence-corrected chi connectivity index (χ0v) is 12.4. The van der Waals surface area contributed by atoms with Crippen LogP contribution in [0.25, 0.3) is 0 Å². The first-order valence-corrected chi connectivity index (χ1v) is 6.89. The zero-order chi connectivity index (χ0) is 15.1. The summed E-state index contributed by atoms with van der Waals surface area (Å²) in [6.45, 7) is 6.18. The molecule has 1 aromatic carbocycles. The number of nitro groups is 1. The molecule has 0 aliphatic carbocycles. The van der Waals surface area contributed by atoms with Crippen LogP contribution in [-0.2, 0) is 0 Å². The lowest BCUT2D eigenvalue weighted by atomic mass is 10.2. The number of nitrogen functional groups attached to an aromatic ring is 1. The Morgan fingerprint density at radius 3 is 2.65 bits per heavy atom. The summed E-state index contributed by atoms with van der Waals surface area (Å²) in [4.78, 5) is 12.6. The van der Waals surface area contributed by atoms with Gasteiger partial charge in [-0.2, -0.15) is 0 Å². The van der Waals surface area contributed by atoms with E-state index in [1.165, 1.54) is 12.1 Å². The van der Waals surface area contributed by atoms with Gasteiger partial charge in [0.15, 0.2) is 0 Å². The summed E-state index contributed by atoms with van der Waals surface area (Å²) in [7, 11) is 2.11. The third kappa shape index (κ3) is 5.44. The van der Waals surface area contributed by atoms with Crippen molar-refractivity contribution in [2.24, 2.45) is 0 Å². The SMILES string of the molecule is CC(C)N(C)CCCCNc1cc(N)cc([N+](=O)[O-])c1. The van der Waals surface area contributed by atoms with E-state index in [4.69, 9.17) is 5.73 Å². The highest BCUT2D eigenvalue weighted by Gasteiger charge is 2.08. The smallest absolute Gasteiger partial charge is 0.273 e. The molecule has 6 nitrogen and oxygen atoms in total. The Morgan fingerprint density at radius 2 is 2.05 bits per heavy atom. The summed E-state index contributed by atoms with van der Waals surface area (Å²) in [6.07, 6.45) is 2.10. The van der Waals surface area contributed by atoms with Crippen LogP contribution >= 0.6 is 0 Å². The van der Waals surface area contributed by atoms with Crippen molar-refractivity contribution < 1.29 is 4.92 Å². The molecule has 0 unspecified atom stereocenters. The van der Waals surface area contributed by atoms with E-state index < -0.39 is 4.92 Å². The van der Waals surface area contributed by atoms with E-state index in [2.05, 4.69) is 31.1 Å². The van der Waals surface area contributed by atoms with Crippen molar-refractivity contribution >= 4 is 17.1 Å². The molecule has 0 aliphatic heterocycles. The second-order valence-electron chi connectivity index (χ2n) is 5.28. The fourth-order valence-corrected chi connectivity index (χ4v) is 1.82. The van der Waals surface area contributed by atoms with Gasteiger partial charge >= 0.3 is 0 Å². The molecular weight excluding hydrogens is 256 g/mol. The Balaban J connectivity index is 2.37. The van der Waals surface area contributed by atoms with Crippen LogP contribution in [0.1, 0.15) is 26.7 Å². The van der Waals surface area contributed by atoms with E-state index in [0.717, 1.165) is 25.9 Å². The minimum atomic E-state index is -0.431. The third-order valence-corrected chi connectivity index (χ3v) is 3.30. The Labute approximate surface area is 120 Å². The van der Waals surface area contributed by atoms with E-state index in [-0.39, 0.29) is 5.69 Å². The number of non-ortho nitro benzene ring substituents is 1. The van der Waals surface area contributed by atoms with Crippen LogP contribution in [0, 0.1) is 10.1 Å². The van der Waals surface area contributed by atoms with Crippen LogP contribution in [-0.4, -0.2) is 36.0 Å². The second kappa shape index (κ2) is 7.69. The van der Waals surface area contributed by atoms with Gasteiger partial charge in [-0.25, -0.2) is 0 Å². The molecule has 0 radical (unpaired) electrons. The molecule has 0 heterocycles. The lowest BCUT2D eigenvalue weighted by Crippen LogP contribution is -2.27. The van der Waals surface area contributed by atoms with Crippen molar-refractivity contribution in [3.8, 4) is 0 Å². The van der Waals surface area contributed by atoms with Crippen LogP contribution in [0.2, 0.25) is 0 Å². The number of hydrogen-bond donors (Lipinski definition) is 2. The Hall–Kier alpha value is -1.82. The number of anilines is 2. The zero-order valence-electron chi connectivity index (χ0n) is 12.4. The molecule has 112 valence electrons. The molecular formula is C14H24N4O2. The van der Waals surface area contributed by atoms with E-state index in [0.29, 0.717) is 17.4 Å². The number of benzene rings is 1. The highest BCUT2D eigenvalue weighted by molar-refractivity contribution is 5.61. The molecule has 0 saturated heterocycles. The van der Waals surface area contributed by atoms with E-state index >= 15 is 0 Å². The largest absolute Gasteiger partial charge is 0.398 e. The standard InChI is InChI=1S/C14H24N4O2/c1-11(2)17(3)7-5-4-6-16-13-8-12(15)9-14(10-13)18(19)20/h8-11,16H,4-7,15H2,1-3H3. The van der Waals surface area contributed by atoms with Crippen molar-refractivity contribution in [2.75, 3.05) is 31.2 Å². The molecule has 6 heteroatoms. The lowest BCUT2D eigenvalue weighted by molar-refractivity contribution is -0.384. The van der Waals surface area contributed by atoms with Crippen LogP contribution in [0.3, 0.4) is 0 Å². The monoisotopic (exact) mass is 280 g/mol. The van der Waals surface area contributed by atoms with Gasteiger partial charge in [-0.05, 0) is 46.3 Å². The molecule has 0 aliphatic rings. The van der Waals surface area contributed by atoms with E-state index in [1.54, 1.807) is 6.07 Å². The number of nitro benzene ring substituents is 1. The quantitative estimate of drug-likeness (QED) is 0.331. The third-order valence-electron chi connectivity index (χ3n) is 3.30. The van der Waals surface area contributed by atoms with Crippen LogP contribution in [0.4, 0.5) is 17.1 Å². The summed E-state index contributed by atoms with van der Waals surface area (Å²) in [5.74, 6) is 0. The molecule has 1 rings (SSSR count). The fourth-order valence-electron chi connectivity index (χ4n) is 1.82. The van der Waals surface area contributed by atoms with Gasteiger partial charge in [0.05, 0.1) is 4.92 Å². The first-order chi connectivity index (χ1) is 9.40. The van der Waals surface area contributed by atoms with Gasteiger partial charge in [-0.3, -0.25) is 10.1 Å². The number of hydrogen-bond acceptors (Lipinski definition) is 5. The van der Waals surface area contributed by atoms with Crippen LogP contribution in [0.5, 0.6) is 0 Å². The predicted octanol–water partition coefficient (Wildman–Crippen LogP) is 2.71. The van der Waals surface area contributed by atoms with Crippen molar-refractivity contribution in [1.29, 1.82) is 0 Å². The molecule has 0 amide bonds. The normalized spacial score (nSPS) is 11.1. The first-order valence-electron chi connectivity index (χ1n) is 6.89. The lowest BCUT2D eigenvalue weighted by Gasteiger charge is -2.20. The first kappa shape index (κ1) is 16.2. The van der Waals surface area contributed by atoms with Gasteiger partial charge in [0.2, 0.25) is 0 Å². The molecule has 0 aromatic heterocycles. The second-order valence-corrected chi connectivity index (χ2v) is 5.28. The minimum Gasteiger partial charge on any atom is -0.398 e. The maximum absolute atomic E-state index is 10.7. The topological polar surface area (TPSA) is 84.4 Å². The summed E-state index contributed by atoms with van der Waals surface area (Å²) in [6, 6.07) is 5.15. The highest BCUT2D eigenvalue weighted by atomic mass is 16.6. The maximum atomic E-state index is 10.7. The number of nitrogens with two attached hydrogens (primary N) is 1. The van der Waals surface area contributed by atoms with Gasteiger partial charge in [0.1, 0.15) is 0 Å². The minimum absolute atomic E-state index is 0.0204. The predicted molar refractivity (Wildman–Crippen MR) is 83.0 cm³/mol. The molecule has 0 fully saturated rings. The van der Waals surface area contributed by atoms with Crippen molar-refractivity contribution in [1.82, 2.24) is 4.90 Å². The number of nitrogens with zero attached hydrogens (tertiary/aromatic N) is 2. The molecule has 20 heavy (non-hydrogen) atoms. The van der Waals surface area contributed by atoms with Gasteiger partial charge in [-0.1, -0.05) is 0 Å². The molecule has 0 saturated carbocycles. The molecule has 0 atom stereocenters. The summed E-state index contributed by atoms with van der Waals surface area (Å²) in [5, 5.41) is 13.9. The van der Waals surface area contributed by atoms with Crippen LogP contribution in [0.15, 0.2) is 18.2 Å². The summed E-state index contributed by atoms with van der Waals surface area (Å²) < 4.78 is 0. The molecule has 3 N–H and O–H groups in total. The summed E-state index contributed by atoms with van der Waals surface area (Å²) in [5.41, 5.74) is 6.78. The van der Waals surface area contributed by atoms with E-state index in [9.17, 15) is 10.1 Å². The van der Waals surface area contributed by atoms with Crippen molar-refractivity contribution in [2.45, 2.75) is 32.7 Å². The number of rotatable bonds is 8. The van der Waals surface area contributed by atoms with Gasteiger partial charge < -0.3 is 16.0 Å². The maximum Gasteiger partial charge on any atom is 0.273 e. The molecule has 0 bridgehead atoms. The van der Waals surface area contributed by atoms with Crippen LogP contribution < -0.4 is 11.1 Å². The highest BCUT2D eigenvalue weighted by Crippen LogP contribution is 2.22. The molecule has 0 spiro atoms. The average molecular weight is 280 g/mol. The Morgan fingerprint density at radius 1 is 1.35 bits per heavy atom. The number of nitrogens with one attached hydrogen (secondary N) is 1. The van der Waals surface area contributed by atoms with E-state index in [1.807, 2.05) is 0 Å². The fraction of sp³-hybridized carbons (Fsp3) is 0.571. The van der Waals surface area contributed by atoms with Gasteiger partial charge in [0.25, 0.3) is 5.69 Å². The summed E-state index contributed by atoms with van der Waals surface area (Å²) >= 11 is 0. The van der Waals surface area contributed by atoms with Gasteiger partial charge in [0, 0.05) is 36.1 Å². The Bertz CT molecular complexity index is 449. The average Bonchev–Trinajstić information content (AvgIpc) is 2.37. The van der Waals surface area contributed by atoms with Gasteiger partial charge in [-0.15, -0.1) is 0 Å². The Kier molecular flexibility index (Phi) is 6.24. The van der Waals surface area contributed by atoms with Crippen molar-refractivity contribution in [3.63, 3.8) is 0 Å². The molecule has 1 aromatic rings. The number of unbranched alkanes of at least 4 members (excludes halogenated alkanes) is 1.